The summed E-state index contributed by atoms with van der Waals surface area (Å²) in [5, 5.41) is 7.65. The van der Waals surface area contributed by atoms with Gasteiger partial charge in [-0.3, -0.25) is 0 Å². The summed E-state index contributed by atoms with van der Waals surface area (Å²) in [4.78, 5) is 0. The summed E-state index contributed by atoms with van der Waals surface area (Å²) in [5.74, 6) is 0.862. The van der Waals surface area contributed by atoms with E-state index < -0.39 is 0 Å². The van der Waals surface area contributed by atoms with E-state index in [1.54, 1.807) is 7.11 Å². The quantitative estimate of drug-likeness (QED) is 0.182. The van der Waals surface area contributed by atoms with Crippen molar-refractivity contribution < 1.29 is 4.74 Å². The molecule has 8 aromatic carbocycles. The summed E-state index contributed by atoms with van der Waals surface area (Å²) in [6.45, 7) is 4.76. The third-order valence-electron chi connectivity index (χ3n) is 10.4. The van der Waals surface area contributed by atoms with Crippen LogP contribution in [-0.4, -0.2) is 7.11 Å². The van der Waals surface area contributed by atoms with E-state index in [2.05, 4.69) is 153 Å². The first-order chi connectivity index (χ1) is 23.0. The largest absolute Gasteiger partial charge is 0.497 e. The van der Waals surface area contributed by atoms with Crippen molar-refractivity contribution in [2.24, 2.45) is 0 Å². The van der Waals surface area contributed by atoms with Gasteiger partial charge in [0.15, 0.2) is 0 Å². The molecule has 1 nitrogen and oxygen atoms in total. The van der Waals surface area contributed by atoms with Crippen LogP contribution in [0, 0.1) is 0 Å². The number of rotatable bonds is 4. The van der Waals surface area contributed by atoms with Gasteiger partial charge < -0.3 is 4.74 Å². The minimum absolute atomic E-state index is 0.117. The Balaban J connectivity index is 1.45. The molecular formula is C46H34O. The number of hydrogen-bond donors (Lipinski definition) is 0. The zero-order chi connectivity index (χ0) is 31.7. The molecule has 0 atom stereocenters. The van der Waals surface area contributed by atoms with Crippen molar-refractivity contribution in [1.82, 2.24) is 0 Å². The van der Waals surface area contributed by atoms with Crippen molar-refractivity contribution in [2.45, 2.75) is 19.3 Å². The number of methoxy groups -OCH3 is 1. The molecule has 0 fully saturated rings. The second-order valence-electron chi connectivity index (χ2n) is 13.2. The average molecular weight is 603 g/mol. The molecule has 0 N–H and O–H groups in total. The Kier molecular flexibility index (Phi) is 6.14. The predicted molar refractivity (Wildman–Crippen MR) is 199 cm³/mol. The summed E-state index contributed by atoms with van der Waals surface area (Å²) < 4.78 is 5.48. The van der Waals surface area contributed by atoms with Gasteiger partial charge in [-0.2, -0.15) is 0 Å². The minimum Gasteiger partial charge on any atom is -0.497 e. The Morgan fingerprint density at radius 2 is 0.957 bits per heavy atom. The van der Waals surface area contributed by atoms with Crippen LogP contribution in [0.3, 0.4) is 0 Å². The molecule has 224 valence electrons. The van der Waals surface area contributed by atoms with Gasteiger partial charge in [0.2, 0.25) is 0 Å². The Labute approximate surface area is 275 Å². The van der Waals surface area contributed by atoms with E-state index in [-0.39, 0.29) is 5.41 Å². The van der Waals surface area contributed by atoms with Crippen LogP contribution in [0.1, 0.15) is 25.0 Å². The molecule has 9 rings (SSSR count). The van der Waals surface area contributed by atoms with Gasteiger partial charge in [0.25, 0.3) is 0 Å². The van der Waals surface area contributed by atoms with Crippen molar-refractivity contribution >= 4 is 32.3 Å². The molecule has 47 heavy (non-hydrogen) atoms. The monoisotopic (exact) mass is 602 g/mol. The first kappa shape index (κ1) is 27.6. The van der Waals surface area contributed by atoms with E-state index in [0.717, 1.165) is 5.75 Å². The lowest BCUT2D eigenvalue weighted by Crippen LogP contribution is -2.15. The summed E-state index contributed by atoms with van der Waals surface area (Å²) in [7, 11) is 1.72. The highest BCUT2D eigenvalue weighted by molar-refractivity contribution is 6.25. The first-order valence-corrected chi connectivity index (χ1v) is 16.4. The molecular weight excluding hydrogens is 569 g/mol. The lowest BCUT2D eigenvalue weighted by molar-refractivity contribution is 0.415. The molecule has 0 aromatic heterocycles. The molecule has 0 spiro atoms. The fourth-order valence-electron chi connectivity index (χ4n) is 8.10. The summed E-state index contributed by atoms with van der Waals surface area (Å²) in [6.07, 6.45) is 0. The fraction of sp³-hybridized carbons (Fsp3) is 0.0870. The fourth-order valence-corrected chi connectivity index (χ4v) is 8.10. The van der Waals surface area contributed by atoms with E-state index in [1.807, 2.05) is 12.1 Å². The molecule has 8 aromatic rings. The van der Waals surface area contributed by atoms with Gasteiger partial charge in [0.05, 0.1) is 7.11 Å². The smallest absolute Gasteiger partial charge is 0.118 e. The molecule has 1 aliphatic carbocycles. The van der Waals surface area contributed by atoms with Crippen LogP contribution < -0.4 is 4.74 Å². The summed E-state index contributed by atoms with van der Waals surface area (Å²) in [5.41, 5.74) is 12.8. The van der Waals surface area contributed by atoms with Crippen molar-refractivity contribution in [1.29, 1.82) is 0 Å². The Morgan fingerprint density at radius 3 is 1.68 bits per heavy atom. The van der Waals surface area contributed by atoms with Crippen LogP contribution in [-0.2, 0) is 5.41 Å². The molecule has 0 amide bonds. The maximum absolute atomic E-state index is 5.48. The van der Waals surface area contributed by atoms with Crippen molar-refractivity contribution in [3.8, 4) is 50.3 Å². The van der Waals surface area contributed by atoms with E-state index in [9.17, 15) is 0 Å². The third kappa shape index (κ3) is 4.09. The molecule has 0 saturated carbocycles. The zero-order valence-electron chi connectivity index (χ0n) is 26.8. The van der Waals surface area contributed by atoms with Gasteiger partial charge in [0.1, 0.15) is 5.75 Å². The van der Waals surface area contributed by atoms with Crippen LogP contribution in [0.2, 0.25) is 0 Å². The second-order valence-corrected chi connectivity index (χ2v) is 13.2. The predicted octanol–water partition coefficient (Wildman–Crippen LogP) is 12.5. The van der Waals surface area contributed by atoms with Gasteiger partial charge in [-0.25, -0.2) is 0 Å². The van der Waals surface area contributed by atoms with Gasteiger partial charge in [-0.1, -0.05) is 141 Å². The highest BCUT2D eigenvalue weighted by Crippen LogP contribution is 2.55. The molecule has 0 radical (unpaired) electrons. The molecule has 0 unspecified atom stereocenters. The van der Waals surface area contributed by atoms with E-state index >= 15 is 0 Å². The number of benzene rings is 8. The van der Waals surface area contributed by atoms with E-state index in [1.165, 1.54) is 88.0 Å². The normalized spacial score (nSPS) is 13.2. The lowest BCUT2D eigenvalue weighted by atomic mass is 9.78. The average Bonchev–Trinajstić information content (AvgIpc) is 3.36. The Hall–Kier alpha value is -5.66. The maximum Gasteiger partial charge on any atom is 0.118 e. The van der Waals surface area contributed by atoms with Gasteiger partial charge in [-0.15, -0.1) is 0 Å². The number of ether oxygens (including phenoxy) is 1. The molecule has 0 saturated heterocycles. The Bertz CT molecular complexity index is 2500. The first-order valence-electron chi connectivity index (χ1n) is 16.4. The lowest BCUT2D eigenvalue weighted by Gasteiger charge is -2.24. The highest BCUT2D eigenvalue weighted by Gasteiger charge is 2.37. The second kappa shape index (κ2) is 10.4. The molecule has 0 aliphatic heterocycles. The highest BCUT2D eigenvalue weighted by atomic mass is 16.5. The van der Waals surface area contributed by atoms with Crippen molar-refractivity contribution in [3.63, 3.8) is 0 Å². The van der Waals surface area contributed by atoms with E-state index in [0.29, 0.717) is 0 Å². The SMILES string of the molecule is COc1ccc(-c2ccc3c(-c4ccccc4)c4ccccc4c(-c4cc5c(c6ccccc46)-c4ccccc4C5(C)C)c3c2)cc1. The third-order valence-corrected chi connectivity index (χ3v) is 10.4. The van der Waals surface area contributed by atoms with Crippen LogP contribution in [0.4, 0.5) is 0 Å². The molecule has 0 heterocycles. The standard InChI is InChI=1S/C46H34O/c1-46(2)41-20-12-11-19-38(41)45-34-16-8-7-15-33(34)40(28-42(45)46)44-36-18-10-9-17-35(36)43(30-13-5-4-6-14-30)37-26-23-31(27-39(37)44)29-21-24-32(47-3)25-22-29/h4-28H,1-3H3. The molecule has 0 bridgehead atoms. The minimum atomic E-state index is -0.117. The van der Waals surface area contributed by atoms with Gasteiger partial charge >= 0.3 is 0 Å². The van der Waals surface area contributed by atoms with Gasteiger partial charge in [-0.05, 0) is 112 Å². The Morgan fingerprint density at radius 1 is 0.383 bits per heavy atom. The molecule has 1 aliphatic rings. The van der Waals surface area contributed by atoms with Gasteiger partial charge in [0, 0.05) is 5.41 Å². The topological polar surface area (TPSA) is 9.23 Å². The van der Waals surface area contributed by atoms with Crippen LogP contribution >= 0.6 is 0 Å². The summed E-state index contributed by atoms with van der Waals surface area (Å²) in [6, 6.07) is 55.8. The zero-order valence-corrected chi connectivity index (χ0v) is 26.8. The number of fused-ring (bicyclic) bond motifs is 7. The van der Waals surface area contributed by atoms with Crippen LogP contribution in [0.15, 0.2) is 152 Å². The van der Waals surface area contributed by atoms with Crippen LogP contribution in [0.25, 0.3) is 76.8 Å². The van der Waals surface area contributed by atoms with Crippen LogP contribution in [0.5, 0.6) is 5.75 Å². The maximum atomic E-state index is 5.48. The summed E-state index contributed by atoms with van der Waals surface area (Å²) >= 11 is 0. The van der Waals surface area contributed by atoms with Crippen molar-refractivity contribution in [2.75, 3.05) is 7.11 Å². The van der Waals surface area contributed by atoms with E-state index in [4.69, 9.17) is 4.74 Å². The molecule has 1 heteroatoms. The van der Waals surface area contributed by atoms with Crippen molar-refractivity contribution in [3.05, 3.63) is 163 Å². The number of hydrogen-bond acceptors (Lipinski definition) is 1.